The molecule has 1 aromatic heterocycles. The summed E-state index contributed by atoms with van der Waals surface area (Å²) in [4.78, 5) is 11.3. The van der Waals surface area contributed by atoms with Crippen LogP contribution in [0.25, 0.3) is 0 Å². The van der Waals surface area contributed by atoms with Gasteiger partial charge >= 0.3 is 0 Å². The number of nitrogens with one attached hydrogen (secondary N) is 1. The van der Waals surface area contributed by atoms with Crippen molar-refractivity contribution in [1.82, 2.24) is 20.1 Å². The van der Waals surface area contributed by atoms with Crippen molar-refractivity contribution in [2.24, 2.45) is 0 Å². The predicted molar refractivity (Wildman–Crippen MR) is 89.0 cm³/mol. The Kier molecular flexibility index (Phi) is 5.27. The molecule has 2 heterocycles. The largest absolute Gasteiger partial charge is 0.309 e. The molecule has 0 bridgehead atoms. The second-order valence-electron chi connectivity index (χ2n) is 6.30. The monoisotopic (exact) mass is 308 g/mol. The van der Waals surface area contributed by atoms with Crippen LogP contribution >= 0.6 is 11.3 Å². The highest BCUT2D eigenvalue weighted by atomic mass is 32.1. The molecule has 2 aliphatic rings. The first-order valence-electron chi connectivity index (χ1n) is 8.38. The Hall–Kier alpha value is -0.490. The highest BCUT2D eigenvalue weighted by Crippen LogP contribution is 2.23. The van der Waals surface area contributed by atoms with E-state index in [1.165, 1.54) is 67.7 Å². The van der Waals surface area contributed by atoms with Crippen LogP contribution in [0, 0.1) is 6.92 Å². The van der Waals surface area contributed by atoms with E-state index in [1.54, 1.807) is 0 Å². The van der Waals surface area contributed by atoms with Gasteiger partial charge in [0.2, 0.25) is 0 Å². The van der Waals surface area contributed by atoms with Crippen molar-refractivity contribution in [3.63, 3.8) is 0 Å². The fourth-order valence-corrected chi connectivity index (χ4v) is 3.88. The molecule has 0 amide bonds. The molecule has 118 valence electrons. The molecule has 1 N–H and O–H groups in total. The minimum Gasteiger partial charge on any atom is -0.309 e. The molecule has 0 atom stereocenters. The number of thiazole rings is 1. The van der Waals surface area contributed by atoms with E-state index >= 15 is 0 Å². The van der Waals surface area contributed by atoms with E-state index in [9.17, 15) is 0 Å². The number of rotatable bonds is 7. The molecule has 1 saturated heterocycles. The topological polar surface area (TPSA) is 31.4 Å². The first kappa shape index (κ1) is 15.4. The predicted octanol–water partition coefficient (Wildman–Crippen LogP) is 1.88. The van der Waals surface area contributed by atoms with Gasteiger partial charge in [0.05, 0.1) is 10.7 Å². The molecule has 21 heavy (non-hydrogen) atoms. The molecular weight excluding hydrogens is 280 g/mol. The van der Waals surface area contributed by atoms with E-state index in [2.05, 4.69) is 29.0 Å². The Labute approximate surface area is 132 Å². The smallest absolute Gasteiger partial charge is 0.0944 e. The van der Waals surface area contributed by atoms with Crippen LogP contribution in [0.4, 0.5) is 0 Å². The maximum Gasteiger partial charge on any atom is 0.0944 e. The van der Waals surface area contributed by atoms with Crippen LogP contribution in [-0.2, 0) is 13.0 Å². The number of hydrogen-bond acceptors (Lipinski definition) is 5. The molecule has 5 heteroatoms. The van der Waals surface area contributed by atoms with Crippen LogP contribution in [0.2, 0.25) is 0 Å². The molecular formula is C16H28N4S. The lowest BCUT2D eigenvalue weighted by Crippen LogP contribution is -2.46. The van der Waals surface area contributed by atoms with Crippen LogP contribution in [0.3, 0.4) is 0 Å². The second-order valence-corrected chi connectivity index (χ2v) is 7.47. The lowest BCUT2D eigenvalue weighted by Gasteiger charge is -2.33. The first-order valence-corrected chi connectivity index (χ1v) is 9.19. The first-order chi connectivity index (χ1) is 10.2. The van der Waals surface area contributed by atoms with Gasteiger partial charge in [-0.05, 0) is 26.3 Å². The summed E-state index contributed by atoms with van der Waals surface area (Å²) < 4.78 is 0. The number of likely N-dealkylation sites (N-methyl/N-ethyl adjacent to an activating group) is 1. The standard InChI is InChI=1S/C16H28N4S/c1-3-19-8-10-20(11-9-19)7-6-16-18-13(2)15(21-16)12-17-14-4-5-14/h14,17H,3-12H2,1-2H3. The molecule has 4 nitrogen and oxygen atoms in total. The lowest BCUT2D eigenvalue weighted by atomic mass is 10.3. The highest BCUT2D eigenvalue weighted by Gasteiger charge is 2.21. The van der Waals surface area contributed by atoms with Crippen molar-refractivity contribution in [3.05, 3.63) is 15.6 Å². The van der Waals surface area contributed by atoms with Crippen LogP contribution < -0.4 is 5.32 Å². The van der Waals surface area contributed by atoms with Crippen molar-refractivity contribution in [3.8, 4) is 0 Å². The second kappa shape index (κ2) is 7.18. The third kappa shape index (κ3) is 4.49. The molecule has 2 fully saturated rings. The van der Waals surface area contributed by atoms with Gasteiger partial charge in [0.15, 0.2) is 0 Å². The van der Waals surface area contributed by atoms with E-state index in [1.807, 2.05) is 11.3 Å². The lowest BCUT2D eigenvalue weighted by molar-refractivity contribution is 0.138. The van der Waals surface area contributed by atoms with E-state index in [0.717, 1.165) is 19.0 Å². The summed E-state index contributed by atoms with van der Waals surface area (Å²) in [7, 11) is 0. The fraction of sp³-hybridized carbons (Fsp3) is 0.812. The molecule has 0 spiro atoms. The molecule has 1 saturated carbocycles. The van der Waals surface area contributed by atoms with E-state index in [-0.39, 0.29) is 0 Å². The van der Waals surface area contributed by atoms with Gasteiger partial charge in [0.25, 0.3) is 0 Å². The number of piperazine rings is 1. The molecule has 1 aromatic rings. The van der Waals surface area contributed by atoms with Gasteiger partial charge in [0.1, 0.15) is 0 Å². The van der Waals surface area contributed by atoms with Crippen molar-refractivity contribution < 1.29 is 0 Å². The maximum absolute atomic E-state index is 4.77. The average Bonchev–Trinajstić information content (AvgIpc) is 3.27. The van der Waals surface area contributed by atoms with Crippen LogP contribution in [-0.4, -0.2) is 60.1 Å². The van der Waals surface area contributed by atoms with Gasteiger partial charge in [-0.1, -0.05) is 6.92 Å². The van der Waals surface area contributed by atoms with E-state index in [0.29, 0.717) is 0 Å². The number of nitrogens with zero attached hydrogens (tertiary/aromatic N) is 3. The summed E-state index contributed by atoms with van der Waals surface area (Å²) in [5.41, 5.74) is 1.24. The Bertz CT molecular complexity index is 447. The summed E-state index contributed by atoms with van der Waals surface area (Å²) in [6, 6.07) is 0.782. The summed E-state index contributed by atoms with van der Waals surface area (Å²) in [6.07, 6.45) is 3.82. The Morgan fingerprint density at radius 2 is 1.90 bits per heavy atom. The maximum atomic E-state index is 4.77. The zero-order valence-corrected chi connectivity index (χ0v) is 14.2. The molecule has 0 aromatic carbocycles. The van der Waals surface area contributed by atoms with Gasteiger partial charge in [-0.3, -0.25) is 0 Å². The number of hydrogen-bond donors (Lipinski definition) is 1. The van der Waals surface area contributed by atoms with Gasteiger partial charge < -0.3 is 15.1 Å². The highest BCUT2D eigenvalue weighted by molar-refractivity contribution is 7.11. The minimum atomic E-state index is 0.782. The summed E-state index contributed by atoms with van der Waals surface area (Å²) >= 11 is 1.91. The Morgan fingerprint density at radius 1 is 1.19 bits per heavy atom. The number of aryl methyl sites for hydroxylation is 1. The number of aromatic nitrogens is 1. The van der Waals surface area contributed by atoms with Gasteiger partial charge in [-0.25, -0.2) is 4.98 Å². The molecule has 1 aliphatic carbocycles. The average molecular weight is 308 g/mol. The van der Waals surface area contributed by atoms with Gasteiger partial charge in [-0.2, -0.15) is 0 Å². The SMILES string of the molecule is CCN1CCN(CCc2nc(C)c(CNC3CC3)s2)CC1. The zero-order valence-electron chi connectivity index (χ0n) is 13.4. The fourth-order valence-electron chi connectivity index (χ4n) is 2.87. The van der Waals surface area contributed by atoms with Crippen molar-refractivity contribution in [1.29, 1.82) is 0 Å². The van der Waals surface area contributed by atoms with Crippen molar-refractivity contribution in [2.75, 3.05) is 39.3 Å². The Morgan fingerprint density at radius 3 is 2.57 bits per heavy atom. The summed E-state index contributed by atoms with van der Waals surface area (Å²) in [5, 5.41) is 4.92. The van der Waals surface area contributed by atoms with Gasteiger partial charge in [-0.15, -0.1) is 11.3 Å². The van der Waals surface area contributed by atoms with E-state index in [4.69, 9.17) is 4.98 Å². The third-order valence-electron chi connectivity index (χ3n) is 4.62. The van der Waals surface area contributed by atoms with Crippen molar-refractivity contribution >= 4 is 11.3 Å². The molecule has 1 aliphatic heterocycles. The van der Waals surface area contributed by atoms with Crippen molar-refractivity contribution in [2.45, 2.75) is 45.7 Å². The van der Waals surface area contributed by atoms with Crippen LogP contribution in [0.1, 0.15) is 35.3 Å². The summed E-state index contributed by atoms with van der Waals surface area (Å²) in [5.74, 6) is 0. The van der Waals surface area contributed by atoms with Crippen LogP contribution in [0.15, 0.2) is 0 Å². The molecule has 0 radical (unpaired) electrons. The quantitative estimate of drug-likeness (QED) is 0.833. The zero-order chi connectivity index (χ0) is 14.7. The van der Waals surface area contributed by atoms with Gasteiger partial charge in [0, 0.05) is 56.6 Å². The Balaban J connectivity index is 1.43. The van der Waals surface area contributed by atoms with E-state index < -0.39 is 0 Å². The molecule has 3 rings (SSSR count). The third-order valence-corrected chi connectivity index (χ3v) is 5.84. The van der Waals surface area contributed by atoms with Crippen LogP contribution in [0.5, 0.6) is 0 Å². The normalized spacial score (nSPS) is 21.0. The molecule has 0 unspecified atom stereocenters. The summed E-state index contributed by atoms with van der Waals surface area (Å²) in [6.45, 7) is 12.7. The minimum absolute atomic E-state index is 0.782.